The Morgan fingerprint density at radius 3 is 3.00 bits per heavy atom. The van der Waals surface area contributed by atoms with Gasteiger partial charge in [-0.25, -0.2) is 0 Å². The zero-order valence-corrected chi connectivity index (χ0v) is 15.7. The monoisotopic (exact) mass is 347 g/mol. The van der Waals surface area contributed by atoms with Gasteiger partial charge in [-0.05, 0) is 50.1 Å². The summed E-state index contributed by atoms with van der Waals surface area (Å²) < 4.78 is 0. The Balaban J connectivity index is 1.56. The highest BCUT2D eigenvalue weighted by Crippen LogP contribution is 2.31. The first kappa shape index (κ1) is 18.4. The molecule has 25 heavy (non-hydrogen) atoms. The largest absolute Gasteiger partial charge is 0.339 e. The molecule has 2 aliphatic rings. The Morgan fingerprint density at radius 1 is 1.40 bits per heavy atom. The average Bonchev–Trinajstić information content (AvgIpc) is 3.00. The van der Waals surface area contributed by atoms with Crippen molar-refractivity contribution < 1.29 is 4.79 Å². The maximum atomic E-state index is 12.3. The molecule has 1 amide bonds. The van der Waals surface area contributed by atoms with Gasteiger partial charge in [0, 0.05) is 44.3 Å². The standard InChI is InChI=1S/C19H33N5O/c1-14(2)10-16-11-17(22-21-16)13-23-9-6-18-15(12-23)4-5-19(25)24(18)8-3-7-20/h11,14-15,18H,3-10,12-13,20H2,1-2H3,(H,21,22)/t15-,18+/m0/s1. The molecule has 3 heterocycles. The highest BCUT2D eigenvalue weighted by molar-refractivity contribution is 5.77. The smallest absolute Gasteiger partial charge is 0.222 e. The maximum Gasteiger partial charge on any atom is 0.222 e. The van der Waals surface area contributed by atoms with E-state index in [0.717, 1.165) is 57.6 Å². The number of nitrogens with one attached hydrogen (secondary N) is 1. The molecule has 2 aliphatic heterocycles. The van der Waals surface area contributed by atoms with Gasteiger partial charge in [0.25, 0.3) is 0 Å². The van der Waals surface area contributed by atoms with Crippen molar-refractivity contribution in [2.45, 2.75) is 58.5 Å². The topological polar surface area (TPSA) is 78.3 Å². The number of nitrogens with two attached hydrogens (primary N) is 1. The van der Waals surface area contributed by atoms with Crippen LogP contribution in [0.2, 0.25) is 0 Å². The fraction of sp³-hybridized carbons (Fsp3) is 0.789. The van der Waals surface area contributed by atoms with Gasteiger partial charge in [-0.2, -0.15) is 5.10 Å². The summed E-state index contributed by atoms with van der Waals surface area (Å²) in [6.45, 7) is 8.99. The second-order valence-electron chi connectivity index (χ2n) is 8.10. The fourth-order valence-corrected chi connectivity index (χ4v) is 4.38. The Bertz CT molecular complexity index is 570. The van der Waals surface area contributed by atoms with E-state index in [1.807, 2.05) is 0 Å². The van der Waals surface area contributed by atoms with Crippen LogP contribution in [0.3, 0.4) is 0 Å². The number of hydrogen-bond donors (Lipinski definition) is 2. The highest BCUT2D eigenvalue weighted by atomic mass is 16.2. The van der Waals surface area contributed by atoms with Crippen molar-refractivity contribution in [3.63, 3.8) is 0 Å². The van der Waals surface area contributed by atoms with Gasteiger partial charge in [-0.3, -0.25) is 14.8 Å². The number of H-pyrrole nitrogens is 1. The normalized spacial score (nSPS) is 24.8. The third-order valence-corrected chi connectivity index (χ3v) is 5.53. The second-order valence-corrected chi connectivity index (χ2v) is 8.10. The molecule has 0 saturated carbocycles. The van der Waals surface area contributed by atoms with Gasteiger partial charge in [0.05, 0.1) is 5.69 Å². The molecule has 1 aromatic heterocycles. The molecule has 0 bridgehead atoms. The van der Waals surface area contributed by atoms with Crippen molar-refractivity contribution in [2.24, 2.45) is 17.6 Å². The molecule has 1 aromatic rings. The second kappa shape index (κ2) is 8.32. The predicted molar refractivity (Wildman–Crippen MR) is 98.9 cm³/mol. The number of aromatic nitrogens is 2. The average molecular weight is 348 g/mol. The van der Waals surface area contributed by atoms with Crippen LogP contribution in [0.25, 0.3) is 0 Å². The lowest BCUT2D eigenvalue weighted by Gasteiger charge is -2.47. The number of rotatable bonds is 7. The van der Waals surface area contributed by atoms with Crippen LogP contribution < -0.4 is 5.73 Å². The molecule has 2 atom stereocenters. The Kier molecular flexibility index (Phi) is 6.12. The van der Waals surface area contributed by atoms with E-state index in [4.69, 9.17) is 5.73 Å². The van der Waals surface area contributed by atoms with Crippen LogP contribution in [0, 0.1) is 11.8 Å². The first-order valence-corrected chi connectivity index (χ1v) is 9.82. The van der Waals surface area contributed by atoms with E-state index < -0.39 is 0 Å². The van der Waals surface area contributed by atoms with Crippen LogP contribution in [0.5, 0.6) is 0 Å². The molecule has 6 nitrogen and oxygen atoms in total. The summed E-state index contributed by atoms with van der Waals surface area (Å²) in [5, 5.41) is 7.65. The molecule has 3 rings (SSSR count). The summed E-state index contributed by atoms with van der Waals surface area (Å²) >= 11 is 0. The van der Waals surface area contributed by atoms with Crippen LogP contribution in [0.1, 0.15) is 50.9 Å². The van der Waals surface area contributed by atoms with Gasteiger partial charge in [0.15, 0.2) is 0 Å². The number of hydrogen-bond acceptors (Lipinski definition) is 4. The minimum absolute atomic E-state index is 0.329. The van der Waals surface area contributed by atoms with Gasteiger partial charge < -0.3 is 10.6 Å². The van der Waals surface area contributed by atoms with Crippen molar-refractivity contribution in [1.82, 2.24) is 20.0 Å². The number of carbonyl (C=O) groups is 1. The summed E-state index contributed by atoms with van der Waals surface area (Å²) in [4.78, 5) is 16.9. The van der Waals surface area contributed by atoms with Crippen molar-refractivity contribution in [3.8, 4) is 0 Å². The molecule has 140 valence electrons. The number of amides is 1. The molecule has 3 N–H and O–H groups in total. The molecule has 0 spiro atoms. The van der Waals surface area contributed by atoms with E-state index in [9.17, 15) is 4.79 Å². The van der Waals surface area contributed by atoms with Crippen LogP contribution >= 0.6 is 0 Å². The molecule has 2 saturated heterocycles. The third-order valence-electron chi connectivity index (χ3n) is 5.53. The molecule has 2 fully saturated rings. The zero-order chi connectivity index (χ0) is 17.8. The first-order chi connectivity index (χ1) is 12.1. The minimum Gasteiger partial charge on any atom is -0.339 e. The number of piperidine rings is 2. The van der Waals surface area contributed by atoms with Gasteiger partial charge in [-0.15, -0.1) is 0 Å². The van der Waals surface area contributed by atoms with Gasteiger partial charge in [0.2, 0.25) is 5.91 Å². The van der Waals surface area contributed by atoms with E-state index in [0.29, 0.717) is 36.8 Å². The summed E-state index contributed by atoms with van der Waals surface area (Å²) in [6, 6.07) is 2.63. The van der Waals surface area contributed by atoms with E-state index in [1.54, 1.807) is 0 Å². The predicted octanol–water partition coefficient (Wildman–Crippen LogP) is 1.77. The lowest BCUT2D eigenvalue weighted by Crippen LogP contribution is -2.56. The molecule has 0 unspecified atom stereocenters. The molecule has 0 aliphatic carbocycles. The number of fused-ring (bicyclic) bond motifs is 1. The first-order valence-electron chi connectivity index (χ1n) is 9.82. The molecule has 0 aromatic carbocycles. The summed E-state index contributed by atoms with van der Waals surface area (Å²) in [7, 11) is 0. The van der Waals surface area contributed by atoms with Gasteiger partial charge >= 0.3 is 0 Å². The number of likely N-dealkylation sites (tertiary alicyclic amines) is 2. The minimum atomic E-state index is 0.329. The van der Waals surface area contributed by atoms with Crippen LogP contribution in [-0.4, -0.2) is 58.1 Å². The summed E-state index contributed by atoms with van der Waals surface area (Å²) in [6.07, 6.45) is 4.74. The van der Waals surface area contributed by atoms with E-state index in [1.165, 1.54) is 5.69 Å². The lowest BCUT2D eigenvalue weighted by atomic mass is 9.83. The Hall–Kier alpha value is -1.40. The number of nitrogens with zero attached hydrogens (tertiary/aromatic N) is 3. The molecular weight excluding hydrogens is 314 g/mol. The fourth-order valence-electron chi connectivity index (χ4n) is 4.38. The van der Waals surface area contributed by atoms with Crippen LogP contribution in [0.15, 0.2) is 6.07 Å². The maximum absolute atomic E-state index is 12.3. The van der Waals surface area contributed by atoms with E-state index in [2.05, 4.69) is 39.9 Å². The van der Waals surface area contributed by atoms with Crippen molar-refractivity contribution in [1.29, 1.82) is 0 Å². The zero-order valence-electron chi connectivity index (χ0n) is 15.7. The highest BCUT2D eigenvalue weighted by Gasteiger charge is 2.38. The Labute approximate surface area is 151 Å². The van der Waals surface area contributed by atoms with Crippen molar-refractivity contribution in [2.75, 3.05) is 26.2 Å². The summed E-state index contributed by atoms with van der Waals surface area (Å²) in [5.41, 5.74) is 8.02. The van der Waals surface area contributed by atoms with E-state index in [-0.39, 0.29) is 0 Å². The summed E-state index contributed by atoms with van der Waals surface area (Å²) in [5.74, 6) is 1.56. The molecule has 0 radical (unpaired) electrons. The number of carbonyl (C=O) groups excluding carboxylic acids is 1. The van der Waals surface area contributed by atoms with E-state index >= 15 is 0 Å². The Morgan fingerprint density at radius 2 is 2.24 bits per heavy atom. The van der Waals surface area contributed by atoms with Crippen molar-refractivity contribution >= 4 is 5.91 Å². The van der Waals surface area contributed by atoms with Gasteiger partial charge in [-0.1, -0.05) is 13.8 Å². The van der Waals surface area contributed by atoms with Gasteiger partial charge in [0.1, 0.15) is 0 Å². The number of aromatic amines is 1. The third kappa shape index (κ3) is 4.61. The lowest BCUT2D eigenvalue weighted by molar-refractivity contribution is -0.141. The quantitative estimate of drug-likeness (QED) is 0.788. The molecular formula is C19H33N5O. The van der Waals surface area contributed by atoms with Crippen LogP contribution in [0.4, 0.5) is 0 Å². The SMILES string of the molecule is CC(C)Cc1cc(CN2CC[C@@H]3[C@@H](CCC(=O)N3CCCN)C2)[nH]n1. The molecule has 6 heteroatoms. The van der Waals surface area contributed by atoms with Crippen molar-refractivity contribution in [3.05, 3.63) is 17.5 Å². The van der Waals surface area contributed by atoms with Crippen LogP contribution in [-0.2, 0) is 17.8 Å².